The lowest BCUT2D eigenvalue weighted by Crippen LogP contribution is -2.28. The molecular weight excluding hydrogens is 365 g/mol. The van der Waals surface area contributed by atoms with Gasteiger partial charge in [0.1, 0.15) is 11.6 Å². The zero-order chi connectivity index (χ0) is 20.1. The summed E-state index contributed by atoms with van der Waals surface area (Å²) in [6, 6.07) is 11.9. The quantitative estimate of drug-likeness (QED) is 0.541. The number of benzene rings is 2. The summed E-state index contributed by atoms with van der Waals surface area (Å²) in [6.45, 7) is 1.67. The second-order valence-corrected chi connectivity index (χ2v) is 6.44. The molecule has 3 rings (SSSR count). The Balaban J connectivity index is 1.55. The van der Waals surface area contributed by atoms with E-state index >= 15 is 0 Å². The van der Waals surface area contributed by atoms with E-state index in [1.807, 2.05) is 0 Å². The number of hydrogen-bond acceptors (Lipinski definition) is 5. The van der Waals surface area contributed by atoms with Gasteiger partial charge in [-0.25, -0.2) is 9.18 Å². The zero-order valence-corrected chi connectivity index (χ0v) is 15.4. The fourth-order valence-corrected chi connectivity index (χ4v) is 2.87. The molecule has 0 aliphatic carbocycles. The van der Waals surface area contributed by atoms with Crippen molar-refractivity contribution in [3.05, 3.63) is 59.9 Å². The Hall–Kier alpha value is -3.22. The first-order chi connectivity index (χ1) is 13.4. The summed E-state index contributed by atoms with van der Waals surface area (Å²) < 4.78 is 23.3. The third kappa shape index (κ3) is 4.73. The van der Waals surface area contributed by atoms with Crippen molar-refractivity contribution in [2.24, 2.45) is 0 Å². The lowest BCUT2D eigenvalue weighted by Gasteiger charge is -2.16. The van der Waals surface area contributed by atoms with E-state index in [-0.39, 0.29) is 11.7 Å². The molecule has 1 amide bonds. The molecule has 2 aromatic rings. The van der Waals surface area contributed by atoms with E-state index in [4.69, 9.17) is 9.47 Å². The summed E-state index contributed by atoms with van der Waals surface area (Å²) in [5.74, 6) is -1.15. The maximum atomic E-state index is 12.9. The molecule has 1 fully saturated rings. The number of ketones is 1. The lowest BCUT2D eigenvalue weighted by molar-refractivity contribution is -0.149. The van der Waals surface area contributed by atoms with E-state index in [0.29, 0.717) is 30.0 Å². The van der Waals surface area contributed by atoms with Gasteiger partial charge < -0.3 is 14.4 Å². The highest BCUT2D eigenvalue weighted by Crippen LogP contribution is 2.22. The first-order valence-corrected chi connectivity index (χ1v) is 8.96. The van der Waals surface area contributed by atoms with Crippen LogP contribution in [0.5, 0.6) is 5.75 Å². The predicted octanol–water partition coefficient (Wildman–Crippen LogP) is 3.15. The second kappa shape index (κ2) is 8.65. The number of Topliss-reactive ketones (excluding diaryl/α,β-unsaturated/α-hetero) is 1. The Bertz CT molecular complexity index is 881. The first-order valence-electron chi connectivity index (χ1n) is 8.96. The smallest absolute Gasteiger partial charge is 0.347 e. The summed E-state index contributed by atoms with van der Waals surface area (Å²) >= 11 is 0. The van der Waals surface area contributed by atoms with Crippen LogP contribution >= 0.6 is 0 Å². The average molecular weight is 385 g/mol. The van der Waals surface area contributed by atoms with Crippen LogP contribution in [-0.4, -0.2) is 36.9 Å². The number of rotatable bonds is 7. The fraction of sp³-hybridized carbons (Fsp3) is 0.286. The van der Waals surface area contributed by atoms with E-state index in [1.165, 1.54) is 31.2 Å². The molecule has 1 atom stereocenters. The van der Waals surface area contributed by atoms with Crippen LogP contribution < -0.4 is 9.64 Å². The van der Waals surface area contributed by atoms with Crippen molar-refractivity contribution >= 4 is 23.3 Å². The molecule has 7 heteroatoms. The average Bonchev–Trinajstić information content (AvgIpc) is 3.13. The summed E-state index contributed by atoms with van der Waals surface area (Å²) in [6.07, 6.45) is 0.342. The van der Waals surface area contributed by atoms with Crippen LogP contribution in [0.15, 0.2) is 48.5 Å². The molecule has 1 aliphatic rings. The minimum Gasteiger partial charge on any atom is -0.479 e. The number of ether oxygens (including phenoxy) is 2. The Labute approximate surface area is 161 Å². The Morgan fingerprint density at radius 1 is 1.18 bits per heavy atom. The van der Waals surface area contributed by atoms with Gasteiger partial charge >= 0.3 is 5.97 Å². The van der Waals surface area contributed by atoms with E-state index in [2.05, 4.69) is 0 Å². The molecule has 0 bridgehead atoms. The number of hydrogen-bond donors (Lipinski definition) is 0. The Kier molecular flexibility index (Phi) is 6.03. The van der Waals surface area contributed by atoms with Crippen molar-refractivity contribution < 1.29 is 28.2 Å². The third-order valence-electron chi connectivity index (χ3n) is 4.36. The van der Waals surface area contributed by atoms with Crippen molar-refractivity contribution in [1.29, 1.82) is 0 Å². The molecule has 1 aliphatic heterocycles. The maximum absolute atomic E-state index is 12.9. The number of carbonyl (C=O) groups is 3. The van der Waals surface area contributed by atoms with Gasteiger partial charge in [0.05, 0.1) is 0 Å². The van der Waals surface area contributed by atoms with Gasteiger partial charge in [-0.1, -0.05) is 12.1 Å². The highest BCUT2D eigenvalue weighted by molar-refractivity contribution is 6.01. The van der Waals surface area contributed by atoms with Gasteiger partial charge in [0.25, 0.3) is 0 Å². The van der Waals surface area contributed by atoms with Crippen molar-refractivity contribution in [2.75, 3.05) is 18.1 Å². The molecule has 0 saturated carbocycles. The molecule has 1 saturated heterocycles. The molecule has 0 unspecified atom stereocenters. The third-order valence-corrected chi connectivity index (χ3v) is 4.36. The van der Waals surface area contributed by atoms with Crippen molar-refractivity contribution in [2.45, 2.75) is 25.9 Å². The topological polar surface area (TPSA) is 72.9 Å². The standard InChI is InChI=1S/C21H20FNO5/c1-14(28-18-9-7-16(22)8-10-18)21(26)27-13-19(24)15-4-2-5-17(12-15)23-11-3-6-20(23)25/h2,4-5,7-10,12,14H,3,6,11,13H2,1H3/t14-/m1/s1. The van der Waals surface area contributed by atoms with E-state index in [9.17, 15) is 18.8 Å². The molecule has 0 spiro atoms. The molecular formula is C21H20FNO5. The first kappa shape index (κ1) is 19.5. The van der Waals surface area contributed by atoms with Gasteiger partial charge in [0.2, 0.25) is 5.91 Å². The van der Waals surface area contributed by atoms with Gasteiger partial charge in [-0.05, 0) is 49.7 Å². The number of nitrogens with zero attached hydrogens (tertiary/aromatic N) is 1. The van der Waals surface area contributed by atoms with Crippen LogP contribution in [0.1, 0.15) is 30.1 Å². The second-order valence-electron chi connectivity index (χ2n) is 6.44. The van der Waals surface area contributed by atoms with E-state index in [0.717, 1.165) is 6.42 Å². The normalized spacial score (nSPS) is 14.6. The Morgan fingerprint density at radius 2 is 1.93 bits per heavy atom. The predicted molar refractivity (Wildman–Crippen MR) is 99.8 cm³/mol. The zero-order valence-electron chi connectivity index (χ0n) is 15.4. The highest BCUT2D eigenvalue weighted by Gasteiger charge is 2.23. The van der Waals surface area contributed by atoms with Crippen LogP contribution in [0.3, 0.4) is 0 Å². The fourth-order valence-electron chi connectivity index (χ4n) is 2.87. The highest BCUT2D eigenvalue weighted by atomic mass is 19.1. The number of halogens is 1. The molecule has 0 aromatic heterocycles. The van der Waals surface area contributed by atoms with Crippen LogP contribution in [-0.2, 0) is 14.3 Å². The van der Waals surface area contributed by atoms with Gasteiger partial charge in [0.15, 0.2) is 18.5 Å². The maximum Gasteiger partial charge on any atom is 0.347 e. The minimum absolute atomic E-state index is 0.0304. The monoisotopic (exact) mass is 385 g/mol. The SMILES string of the molecule is C[C@@H](Oc1ccc(F)cc1)C(=O)OCC(=O)c1cccc(N2CCCC2=O)c1. The minimum atomic E-state index is -0.952. The number of amides is 1. The van der Waals surface area contributed by atoms with Crippen LogP contribution in [0.25, 0.3) is 0 Å². The molecule has 6 nitrogen and oxygen atoms in total. The molecule has 0 radical (unpaired) electrons. The number of esters is 1. The largest absolute Gasteiger partial charge is 0.479 e. The van der Waals surface area contributed by atoms with E-state index in [1.54, 1.807) is 29.2 Å². The molecule has 146 valence electrons. The van der Waals surface area contributed by atoms with Gasteiger partial charge in [-0.3, -0.25) is 9.59 Å². The van der Waals surface area contributed by atoms with Crippen molar-refractivity contribution in [1.82, 2.24) is 0 Å². The summed E-state index contributed by atoms with van der Waals surface area (Å²) in [5, 5.41) is 0. The van der Waals surface area contributed by atoms with Gasteiger partial charge in [-0.2, -0.15) is 0 Å². The van der Waals surface area contributed by atoms with Gasteiger partial charge in [0, 0.05) is 24.2 Å². The van der Waals surface area contributed by atoms with E-state index < -0.39 is 24.5 Å². The molecule has 0 N–H and O–H groups in total. The molecule has 1 heterocycles. The summed E-state index contributed by atoms with van der Waals surface area (Å²) in [4.78, 5) is 37.9. The summed E-state index contributed by atoms with van der Waals surface area (Å²) in [7, 11) is 0. The number of carbonyl (C=O) groups excluding carboxylic acids is 3. The number of anilines is 1. The van der Waals surface area contributed by atoms with Crippen LogP contribution in [0, 0.1) is 5.82 Å². The Morgan fingerprint density at radius 3 is 2.61 bits per heavy atom. The van der Waals surface area contributed by atoms with Crippen LogP contribution in [0.2, 0.25) is 0 Å². The molecule has 2 aromatic carbocycles. The summed E-state index contributed by atoms with van der Waals surface area (Å²) in [5.41, 5.74) is 1.02. The molecule has 28 heavy (non-hydrogen) atoms. The van der Waals surface area contributed by atoms with Crippen LogP contribution in [0.4, 0.5) is 10.1 Å². The lowest BCUT2D eigenvalue weighted by atomic mass is 10.1. The van der Waals surface area contributed by atoms with Crippen molar-refractivity contribution in [3.63, 3.8) is 0 Å². The van der Waals surface area contributed by atoms with Crippen molar-refractivity contribution in [3.8, 4) is 5.75 Å². The van der Waals surface area contributed by atoms with Gasteiger partial charge in [-0.15, -0.1) is 0 Å².